The molecule has 9 nitrogen and oxygen atoms in total. The number of unbranched alkanes of at least 4 members (excludes halogenated alkanes) is 15. The van der Waals surface area contributed by atoms with Crippen molar-refractivity contribution in [2.75, 3.05) is 47.5 Å². The van der Waals surface area contributed by atoms with Crippen molar-refractivity contribution in [2.45, 2.75) is 174 Å². The minimum atomic E-state index is -4.38. The number of carbonyl (C=O) groups is 2. The number of carbonyl (C=O) groups excluding carboxylic acids is 2. The van der Waals surface area contributed by atoms with Crippen molar-refractivity contribution < 1.29 is 42.1 Å². The number of hydrogen-bond donors (Lipinski definition) is 1. The Morgan fingerprint density at radius 3 is 1.52 bits per heavy atom. The van der Waals surface area contributed by atoms with Crippen molar-refractivity contribution >= 4 is 19.8 Å². The molecule has 0 aliphatic rings. The Hall–Kier alpha value is -2.29. The van der Waals surface area contributed by atoms with Gasteiger partial charge in [-0.3, -0.25) is 18.6 Å². The molecular formula is C46H83NO8P+. The molecule has 0 aliphatic heterocycles. The number of rotatable bonds is 39. The summed E-state index contributed by atoms with van der Waals surface area (Å²) in [7, 11) is 1.45. The minimum absolute atomic E-state index is 0.0233. The average molecular weight is 809 g/mol. The second kappa shape index (κ2) is 38.2. The van der Waals surface area contributed by atoms with Crippen molar-refractivity contribution in [3.05, 3.63) is 60.8 Å². The number of hydrogen-bond acceptors (Lipinski definition) is 7. The molecule has 0 spiro atoms. The topological polar surface area (TPSA) is 108 Å². The molecule has 0 radical (unpaired) electrons. The van der Waals surface area contributed by atoms with E-state index < -0.39 is 26.5 Å². The van der Waals surface area contributed by atoms with Crippen LogP contribution in [0.2, 0.25) is 0 Å². The smallest absolute Gasteiger partial charge is 0.462 e. The molecule has 1 N–H and O–H groups in total. The molecule has 0 saturated carbocycles. The number of likely N-dealkylation sites (N-methyl/N-ethyl adjacent to an activating group) is 1. The number of ether oxygens (including phenoxy) is 2. The zero-order chi connectivity index (χ0) is 41.4. The van der Waals surface area contributed by atoms with Crippen LogP contribution in [0.25, 0.3) is 0 Å². The number of esters is 2. The molecule has 0 rings (SSSR count). The van der Waals surface area contributed by atoms with Gasteiger partial charge in [-0.15, -0.1) is 0 Å². The minimum Gasteiger partial charge on any atom is -0.462 e. The van der Waals surface area contributed by atoms with E-state index in [-0.39, 0.29) is 32.0 Å². The molecule has 0 bridgehead atoms. The van der Waals surface area contributed by atoms with Gasteiger partial charge in [-0.1, -0.05) is 158 Å². The van der Waals surface area contributed by atoms with Crippen molar-refractivity contribution in [3.8, 4) is 0 Å². The second-order valence-corrected chi connectivity index (χ2v) is 17.2. The highest BCUT2D eigenvalue weighted by atomic mass is 31.2. The van der Waals surface area contributed by atoms with Gasteiger partial charge in [0.25, 0.3) is 0 Å². The molecule has 0 saturated heterocycles. The first-order valence-electron chi connectivity index (χ1n) is 22.0. The number of phosphoric acid groups is 1. The van der Waals surface area contributed by atoms with Crippen LogP contribution < -0.4 is 0 Å². The van der Waals surface area contributed by atoms with Crippen LogP contribution in [0.3, 0.4) is 0 Å². The van der Waals surface area contributed by atoms with E-state index in [4.69, 9.17) is 18.5 Å². The van der Waals surface area contributed by atoms with Gasteiger partial charge in [-0.25, -0.2) is 4.57 Å². The Kier molecular flexibility index (Phi) is 36.7. The van der Waals surface area contributed by atoms with Gasteiger partial charge >= 0.3 is 19.8 Å². The highest BCUT2D eigenvalue weighted by Gasteiger charge is 2.27. The lowest BCUT2D eigenvalue weighted by Gasteiger charge is -2.24. The zero-order valence-electron chi connectivity index (χ0n) is 36.3. The van der Waals surface area contributed by atoms with Crippen LogP contribution in [-0.4, -0.2) is 74.9 Å². The first-order chi connectivity index (χ1) is 27.0. The second-order valence-electron chi connectivity index (χ2n) is 15.7. The summed E-state index contributed by atoms with van der Waals surface area (Å²) < 4.78 is 34.3. The maximum Gasteiger partial charge on any atom is 0.472 e. The summed E-state index contributed by atoms with van der Waals surface area (Å²) in [5, 5.41) is 0. The highest BCUT2D eigenvalue weighted by Crippen LogP contribution is 2.43. The third kappa shape index (κ3) is 41.3. The lowest BCUT2D eigenvalue weighted by Crippen LogP contribution is -2.37. The van der Waals surface area contributed by atoms with Gasteiger partial charge in [-0.2, -0.15) is 0 Å². The van der Waals surface area contributed by atoms with Crippen LogP contribution in [-0.2, 0) is 32.7 Å². The molecule has 0 aromatic heterocycles. The molecule has 0 amide bonds. The molecule has 56 heavy (non-hydrogen) atoms. The van der Waals surface area contributed by atoms with Gasteiger partial charge in [0, 0.05) is 12.8 Å². The molecule has 0 fully saturated rings. The van der Waals surface area contributed by atoms with E-state index in [1.807, 2.05) is 21.1 Å². The van der Waals surface area contributed by atoms with Crippen LogP contribution in [0.1, 0.15) is 168 Å². The summed E-state index contributed by atoms with van der Waals surface area (Å²) >= 11 is 0. The predicted octanol–water partition coefficient (Wildman–Crippen LogP) is 12.5. The normalized spacial score (nSPS) is 14.2. The lowest BCUT2D eigenvalue weighted by molar-refractivity contribution is -0.870. The maximum absolute atomic E-state index is 12.7. The summed E-state index contributed by atoms with van der Waals surface area (Å²) in [4.78, 5) is 35.3. The number of quaternary nitrogens is 1. The summed E-state index contributed by atoms with van der Waals surface area (Å²) in [6.45, 7) is 4.26. The molecule has 0 aliphatic carbocycles. The Morgan fingerprint density at radius 1 is 0.571 bits per heavy atom. The van der Waals surface area contributed by atoms with E-state index in [2.05, 4.69) is 74.6 Å². The first kappa shape index (κ1) is 53.7. The van der Waals surface area contributed by atoms with Crippen LogP contribution in [0.15, 0.2) is 60.8 Å². The van der Waals surface area contributed by atoms with E-state index in [9.17, 15) is 19.0 Å². The Labute approximate surface area is 343 Å². The van der Waals surface area contributed by atoms with E-state index in [1.165, 1.54) is 64.2 Å². The van der Waals surface area contributed by atoms with E-state index in [1.54, 1.807) is 0 Å². The van der Waals surface area contributed by atoms with Crippen LogP contribution >= 0.6 is 7.82 Å². The van der Waals surface area contributed by atoms with Crippen molar-refractivity contribution in [3.63, 3.8) is 0 Å². The van der Waals surface area contributed by atoms with Gasteiger partial charge in [0.2, 0.25) is 0 Å². The zero-order valence-corrected chi connectivity index (χ0v) is 37.2. The van der Waals surface area contributed by atoms with Crippen LogP contribution in [0.5, 0.6) is 0 Å². The van der Waals surface area contributed by atoms with E-state index in [0.29, 0.717) is 17.4 Å². The fraction of sp³-hybridized carbons (Fsp3) is 0.739. The third-order valence-electron chi connectivity index (χ3n) is 9.06. The summed E-state index contributed by atoms with van der Waals surface area (Å²) in [6.07, 6.45) is 45.5. The van der Waals surface area contributed by atoms with Gasteiger partial charge in [0.05, 0.1) is 27.7 Å². The lowest BCUT2D eigenvalue weighted by atomic mass is 10.0. The summed E-state index contributed by atoms with van der Waals surface area (Å²) in [5.41, 5.74) is 0. The number of nitrogens with zero attached hydrogens (tertiary/aromatic N) is 1. The fourth-order valence-electron chi connectivity index (χ4n) is 5.63. The Bertz CT molecular complexity index is 1140. The average Bonchev–Trinajstić information content (AvgIpc) is 3.15. The van der Waals surface area contributed by atoms with E-state index in [0.717, 1.165) is 70.6 Å². The summed E-state index contributed by atoms with van der Waals surface area (Å²) in [5.74, 6) is -0.838. The predicted molar refractivity (Wildman–Crippen MR) is 233 cm³/mol. The molecule has 0 heterocycles. The van der Waals surface area contributed by atoms with Crippen molar-refractivity contribution in [1.82, 2.24) is 0 Å². The molecular weight excluding hydrogens is 725 g/mol. The first-order valence-corrected chi connectivity index (χ1v) is 23.5. The number of allylic oxidation sites excluding steroid dienone is 10. The van der Waals surface area contributed by atoms with Crippen molar-refractivity contribution in [1.29, 1.82) is 0 Å². The fourth-order valence-corrected chi connectivity index (χ4v) is 6.37. The maximum atomic E-state index is 12.7. The Balaban J connectivity index is 4.43. The van der Waals surface area contributed by atoms with Crippen LogP contribution in [0.4, 0.5) is 0 Å². The highest BCUT2D eigenvalue weighted by molar-refractivity contribution is 7.47. The largest absolute Gasteiger partial charge is 0.472 e. The molecule has 324 valence electrons. The molecule has 1 unspecified atom stereocenters. The quantitative estimate of drug-likeness (QED) is 0.0215. The van der Waals surface area contributed by atoms with Crippen molar-refractivity contribution in [2.24, 2.45) is 0 Å². The van der Waals surface area contributed by atoms with Gasteiger partial charge in [0.1, 0.15) is 19.8 Å². The SMILES string of the molecule is CC/C=C\C/C=C\C/C=C\C/C=C\C/C=C\CCCCCC(=O)O[C@H](COC(=O)CCCCCCCCCCCCCCC)COP(=O)(O)OCC[N+](C)(C)C. The standard InChI is InChI=1S/C46H82NO8P/c1-6-8-10-12-14-16-18-20-21-22-23-24-25-27-29-31-33-35-37-39-46(49)55-44(43-54-56(50,51)53-41-40-47(3,4)5)42-52-45(48)38-36-34-32-30-28-26-19-17-15-13-11-9-7-2/h8,10,14,16,20-21,23-24,27,29,44H,6-7,9,11-13,15,17-19,22,25-26,28,30-43H2,1-5H3/p+1/b10-8-,16-14-,21-20-,24-23-,29-27-/t44-/m1/s1. The van der Waals surface area contributed by atoms with Crippen LogP contribution in [0, 0.1) is 0 Å². The van der Waals surface area contributed by atoms with Gasteiger partial charge in [-0.05, 0) is 57.8 Å². The Morgan fingerprint density at radius 2 is 1.02 bits per heavy atom. The van der Waals surface area contributed by atoms with Gasteiger partial charge in [0.15, 0.2) is 6.10 Å². The summed E-state index contributed by atoms with van der Waals surface area (Å²) in [6, 6.07) is 0. The molecule has 10 heteroatoms. The molecule has 0 aromatic rings. The number of phosphoric ester groups is 1. The third-order valence-corrected chi connectivity index (χ3v) is 10.0. The van der Waals surface area contributed by atoms with E-state index >= 15 is 0 Å². The molecule has 2 atom stereocenters. The monoisotopic (exact) mass is 809 g/mol. The molecule has 0 aromatic carbocycles. The van der Waals surface area contributed by atoms with Gasteiger partial charge < -0.3 is 18.9 Å².